The topological polar surface area (TPSA) is 43.8 Å². The summed E-state index contributed by atoms with van der Waals surface area (Å²) in [4.78, 5) is 4.19. The van der Waals surface area contributed by atoms with Gasteiger partial charge in [-0.3, -0.25) is 10.1 Å². The van der Waals surface area contributed by atoms with Crippen LogP contribution in [0.5, 0.6) is 0 Å². The summed E-state index contributed by atoms with van der Waals surface area (Å²) in [5.74, 6) is 0. The normalized spacial score (nSPS) is 10.4. The summed E-state index contributed by atoms with van der Waals surface area (Å²) in [5, 5.41) is 7.28. The maximum absolute atomic E-state index is 4.75. The number of hydrogen-bond donors (Lipinski definition) is 1. The maximum Gasteiger partial charge on any atom is 0.0519 e. The van der Waals surface area contributed by atoms with Crippen LogP contribution in [0.1, 0.15) is 5.56 Å². The standard InChI is InChI=1S/C13H12N2.H2INS/c1-9-3-4-12-10(7-9)11-8-14-6-5-13(11)15(12)2;1-3-2/h3-8H,1-2H3;2H2. The highest BCUT2D eigenvalue weighted by Crippen LogP contribution is 2.27. The van der Waals surface area contributed by atoms with Gasteiger partial charge < -0.3 is 4.57 Å². The van der Waals surface area contributed by atoms with E-state index in [0.717, 1.165) is 0 Å². The van der Waals surface area contributed by atoms with Crippen molar-refractivity contribution in [3.05, 3.63) is 42.2 Å². The van der Waals surface area contributed by atoms with Gasteiger partial charge in [0.15, 0.2) is 0 Å². The molecule has 5 heteroatoms. The minimum atomic E-state index is 1.22. The zero-order chi connectivity index (χ0) is 13.1. The third-order valence-corrected chi connectivity index (χ3v) is 2.96. The van der Waals surface area contributed by atoms with Crippen molar-refractivity contribution in [2.75, 3.05) is 0 Å². The van der Waals surface area contributed by atoms with E-state index in [2.05, 4.69) is 47.8 Å². The number of pyridine rings is 1. The Bertz CT molecular complexity index is 678. The molecule has 2 N–H and O–H groups in total. The molecule has 94 valence electrons. The summed E-state index contributed by atoms with van der Waals surface area (Å²) >= 11 is 1.98. The van der Waals surface area contributed by atoms with Crippen LogP contribution in [0, 0.1) is 6.92 Å². The third kappa shape index (κ3) is 2.48. The van der Waals surface area contributed by atoms with E-state index < -0.39 is 0 Å². The number of hydrogen-bond acceptors (Lipinski definition) is 3. The minimum Gasteiger partial charge on any atom is -0.344 e. The first kappa shape index (κ1) is 13.6. The Morgan fingerprint density at radius 3 is 2.61 bits per heavy atom. The molecule has 0 radical (unpaired) electrons. The van der Waals surface area contributed by atoms with Crippen LogP contribution in [-0.2, 0) is 7.05 Å². The van der Waals surface area contributed by atoms with Crippen molar-refractivity contribution in [3.63, 3.8) is 0 Å². The van der Waals surface area contributed by atoms with Gasteiger partial charge in [-0.15, -0.1) is 0 Å². The molecule has 0 unspecified atom stereocenters. The van der Waals surface area contributed by atoms with Gasteiger partial charge in [0.05, 0.1) is 5.52 Å². The van der Waals surface area contributed by atoms with Crippen LogP contribution in [0.4, 0.5) is 0 Å². The highest BCUT2D eigenvalue weighted by molar-refractivity contribution is 14.2. The van der Waals surface area contributed by atoms with Crippen LogP contribution < -0.4 is 5.14 Å². The Labute approximate surface area is 122 Å². The van der Waals surface area contributed by atoms with Crippen LogP contribution >= 0.6 is 30.3 Å². The molecule has 0 bridgehead atoms. The summed E-state index contributed by atoms with van der Waals surface area (Å²) in [6, 6.07) is 8.60. The first-order valence-electron chi connectivity index (χ1n) is 5.45. The van der Waals surface area contributed by atoms with E-state index in [0.29, 0.717) is 0 Å². The summed E-state index contributed by atoms with van der Waals surface area (Å²) in [6.07, 6.45) is 3.78. The maximum atomic E-state index is 4.75. The molecule has 2 aromatic heterocycles. The van der Waals surface area contributed by atoms with Crippen LogP contribution in [0.2, 0.25) is 0 Å². The van der Waals surface area contributed by atoms with Gasteiger partial charge in [0.25, 0.3) is 0 Å². The molecule has 2 heterocycles. The van der Waals surface area contributed by atoms with E-state index in [9.17, 15) is 0 Å². The van der Waals surface area contributed by atoms with E-state index in [1.54, 1.807) is 0 Å². The predicted octanol–water partition coefficient (Wildman–Crippen LogP) is 3.98. The van der Waals surface area contributed by atoms with Gasteiger partial charge in [-0.25, -0.2) is 0 Å². The number of aryl methyl sites for hydroxylation is 2. The van der Waals surface area contributed by atoms with Gasteiger partial charge in [-0.1, -0.05) is 11.6 Å². The number of fused-ring (bicyclic) bond motifs is 3. The molecule has 18 heavy (non-hydrogen) atoms. The zero-order valence-corrected chi connectivity index (χ0v) is 13.2. The van der Waals surface area contributed by atoms with Gasteiger partial charge in [0.2, 0.25) is 0 Å². The second-order valence-corrected chi connectivity index (χ2v) is 5.77. The monoisotopic (exact) mass is 371 g/mol. The van der Waals surface area contributed by atoms with Crippen molar-refractivity contribution >= 4 is 52.1 Å². The molecule has 3 rings (SSSR count). The van der Waals surface area contributed by atoms with Crippen molar-refractivity contribution in [3.8, 4) is 0 Å². The molecule has 0 saturated carbocycles. The largest absolute Gasteiger partial charge is 0.344 e. The number of halogens is 1. The average Bonchev–Trinajstić information content (AvgIpc) is 2.65. The smallest absolute Gasteiger partial charge is 0.0519 e. The van der Waals surface area contributed by atoms with E-state index in [4.69, 9.17) is 5.14 Å². The number of aromatic nitrogens is 2. The Morgan fingerprint density at radius 1 is 1.22 bits per heavy atom. The molecule has 0 aliphatic carbocycles. The lowest BCUT2D eigenvalue weighted by molar-refractivity contribution is 1.01. The van der Waals surface area contributed by atoms with Crippen LogP contribution in [0.25, 0.3) is 21.8 Å². The fourth-order valence-electron chi connectivity index (χ4n) is 2.17. The summed E-state index contributed by atoms with van der Waals surface area (Å²) in [6.45, 7) is 2.12. The predicted molar refractivity (Wildman–Crippen MR) is 88.8 cm³/mol. The highest BCUT2D eigenvalue weighted by Gasteiger charge is 2.06. The van der Waals surface area contributed by atoms with E-state index >= 15 is 0 Å². The van der Waals surface area contributed by atoms with Crippen LogP contribution in [-0.4, -0.2) is 9.55 Å². The Balaban J connectivity index is 0.000000367. The van der Waals surface area contributed by atoms with Gasteiger partial charge >= 0.3 is 0 Å². The second kappa shape index (κ2) is 5.90. The number of nitrogens with two attached hydrogens (primary N) is 1. The zero-order valence-electron chi connectivity index (χ0n) is 10.2. The third-order valence-electron chi connectivity index (χ3n) is 2.96. The number of nitrogens with zero attached hydrogens (tertiary/aromatic N) is 2. The molecular formula is C13H14IN3S. The lowest BCUT2D eigenvalue weighted by atomic mass is 10.1. The summed E-state index contributed by atoms with van der Waals surface area (Å²) in [5.41, 5.74) is 3.80. The first-order valence-corrected chi connectivity index (χ1v) is 8.87. The van der Waals surface area contributed by atoms with E-state index in [1.165, 1.54) is 36.5 Å². The Morgan fingerprint density at radius 2 is 1.89 bits per heavy atom. The molecule has 0 spiro atoms. The van der Waals surface area contributed by atoms with E-state index in [-0.39, 0.29) is 0 Å². The van der Waals surface area contributed by atoms with Crippen molar-refractivity contribution in [2.45, 2.75) is 6.92 Å². The first-order chi connectivity index (χ1) is 8.69. The van der Waals surface area contributed by atoms with Gasteiger partial charge in [-0.2, -0.15) is 0 Å². The number of rotatable bonds is 0. The SMILES string of the molecule is Cc1ccc2c(c1)c1cnccc1n2C.NSI. The fraction of sp³-hybridized carbons (Fsp3) is 0.154. The molecule has 3 aromatic rings. The van der Waals surface area contributed by atoms with Crippen molar-refractivity contribution in [1.29, 1.82) is 0 Å². The second-order valence-electron chi connectivity index (χ2n) is 4.06. The molecule has 3 nitrogen and oxygen atoms in total. The van der Waals surface area contributed by atoms with Crippen LogP contribution in [0.3, 0.4) is 0 Å². The molecule has 0 saturated heterocycles. The van der Waals surface area contributed by atoms with Gasteiger partial charge in [-0.05, 0) is 34.2 Å². The highest BCUT2D eigenvalue weighted by atomic mass is 127. The quantitative estimate of drug-likeness (QED) is 0.480. The lowest BCUT2D eigenvalue weighted by Gasteiger charge is -1.97. The van der Waals surface area contributed by atoms with Crippen molar-refractivity contribution < 1.29 is 0 Å². The molecule has 0 amide bonds. The fourth-order valence-corrected chi connectivity index (χ4v) is 2.17. The molecule has 1 aromatic carbocycles. The van der Waals surface area contributed by atoms with Crippen molar-refractivity contribution in [1.82, 2.24) is 9.55 Å². The average molecular weight is 371 g/mol. The Kier molecular flexibility index (Phi) is 4.47. The summed E-state index contributed by atoms with van der Waals surface area (Å²) in [7, 11) is 3.32. The summed E-state index contributed by atoms with van der Waals surface area (Å²) < 4.78 is 2.21. The van der Waals surface area contributed by atoms with Crippen LogP contribution in [0.15, 0.2) is 36.7 Å². The molecule has 0 fully saturated rings. The number of benzene rings is 1. The lowest BCUT2D eigenvalue weighted by Crippen LogP contribution is -1.85. The minimum absolute atomic E-state index is 1.22. The molecule has 0 atom stereocenters. The van der Waals surface area contributed by atoms with Crippen molar-refractivity contribution in [2.24, 2.45) is 12.2 Å². The Hall–Kier alpha value is -0.790. The van der Waals surface area contributed by atoms with Gasteiger partial charge in [0.1, 0.15) is 0 Å². The van der Waals surface area contributed by atoms with E-state index in [1.807, 2.05) is 33.6 Å². The van der Waals surface area contributed by atoms with Gasteiger partial charge in [0, 0.05) is 56.9 Å². The molecular weight excluding hydrogens is 357 g/mol. The molecule has 0 aliphatic heterocycles. The molecule has 0 aliphatic rings.